The highest BCUT2D eigenvalue weighted by atomic mass is 32.2. The van der Waals surface area contributed by atoms with Gasteiger partial charge in [-0.2, -0.15) is 16.9 Å². The average molecular weight is 309 g/mol. The minimum absolute atomic E-state index is 0.0612. The Bertz CT molecular complexity index is 457. The fourth-order valence-corrected chi connectivity index (χ4v) is 4.56. The topological polar surface area (TPSA) is 70.3 Å². The van der Waals surface area contributed by atoms with Crippen molar-refractivity contribution in [3.05, 3.63) is 17.8 Å². The Labute approximate surface area is 130 Å². The SMILES string of the molecule is COc1ccc(C(N)C2CCOC3(CCSCC3)C2)nn1. The molecule has 6 heteroatoms. The Morgan fingerprint density at radius 3 is 2.86 bits per heavy atom. The second kappa shape index (κ2) is 6.50. The zero-order valence-corrected chi connectivity index (χ0v) is 13.3. The maximum absolute atomic E-state index is 6.45. The van der Waals surface area contributed by atoms with Crippen molar-refractivity contribution in [2.24, 2.45) is 11.7 Å². The normalized spacial score (nSPS) is 26.5. The number of hydrogen-bond acceptors (Lipinski definition) is 6. The van der Waals surface area contributed by atoms with E-state index in [1.807, 2.05) is 23.9 Å². The van der Waals surface area contributed by atoms with Crippen molar-refractivity contribution in [2.45, 2.75) is 37.3 Å². The lowest BCUT2D eigenvalue weighted by Crippen LogP contribution is -2.45. The highest BCUT2D eigenvalue weighted by Gasteiger charge is 2.40. The van der Waals surface area contributed by atoms with Gasteiger partial charge in [0.1, 0.15) is 0 Å². The molecule has 0 bridgehead atoms. The van der Waals surface area contributed by atoms with Gasteiger partial charge in [-0.3, -0.25) is 0 Å². The summed E-state index contributed by atoms with van der Waals surface area (Å²) in [5.41, 5.74) is 7.36. The second-order valence-electron chi connectivity index (χ2n) is 5.92. The Hall–Kier alpha value is -0.850. The molecule has 21 heavy (non-hydrogen) atoms. The minimum Gasteiger partial charge on any atom is -0.480 e. The molecule has 2 unspecified atom stereocenters. The molecular formula is C15H23N3O2S. The van der Waals surface area contributed by atoms with Gasteiger partial charge in [0, 0.05) is 12.7 Å². The smallest absolute Gasteiger partial charge is 0.233 e. The molecule has 116 valence electrons. The monoisotopic (exact) mass is 309 g/mol. The van der Waals surface area contributed by atoms with Gasteiger partial charge in [0.25, 0.3) is 0 Å². The second-order valence-corrected chi connectivity index (χ2v) is 7.15. The molecule has 3 rings (SSSR count). The molecule has 2 atom stereocenters. The third-order valence-corrected chi connectivity index (χ3v) is 5.64. The van der Waals surface area contributed by atoms with Crippen molar-refractivity contribution in [2.75, 3.05) is 25.2 Å². The van der Waals surface area contributed by atoms with Crippen LogP contribution in [0.4, 0.5) is 0 Å². The maximum Gasteiger partial charge on any atom is 0.233 e. The third-order valence-electron chi connectivity index (χ3n) is 4.65. The molecule has 2 aliphatic heterocycles. The van der Waals surface area contributed by atoms with Gasteiger partial charge in [-0.25, -0.2) is 0 Å². The lowest BCUT2D eigenvalue weighted by atomic mass is 9.78. The van der Waals surface area contributed by atoms with E-state index in [1.54, 1.807) is 7.11 Å². The number of aromatic nitrogens is 2. The van der Waals surface area contributed by atoms with Crippen LogP contribution in [0.5, 0.6) is 5.88 Å². The van der Waals surface area contributed by atoms with E-state index in [-0.39, 0.29) is 11.6 Å². The van der Waals surface area contributed by atoms with Crippen LogP contribution in [0.2, 0.25) is 0 Å². The van der Waals surface area contributed by atoms with Crippen LogP contribution in [0.1, 0.15) is 37.4 Å². The quantitative estimate of drug-likeness (QED) is 0.923. The fraction of sp³-hybridized carbons (Fsp3) is 0.733. The molecule has 3 heterocycles. The van der Waals surface area contributed by atoms with Crippen LogP contribution >= 0.6 is 11.8 Å². The van der Waals surface area contributed by atoms with Gasteiger partial charge in [-0.15, -0.1) is 5.10 Å². The first-order chi connectivity index (χ1) is 10.2. The molecule has 1 aromatic rings. The largest absolute Gasteiger partial charge is 0.480 e. The number of nitrogens with zero attached hydrogens (tertiary/aromatic N) is 2. The molecule has 2 fully saturated rings. The van der Waals surface area contributed by atoms with Crippen LogP contribution in [0, 0.1) is 5.92 Å². The van der Waals surface area contributed by atoms with Crippen molar-refractivity contribution in [1.82, 2.24) is 10.2 Å². The van der Waals surface area contributed by atoms with Gasteiger partial charge in [-0.05, 0) is 49.2 Å². The summed E-state index contributed by atoms with van der Waals surface area (Å²) in [6.45, 7) is 0.812. The number of thioether (sulfide) groups is 1. The predicted octanol–water partition coefficient (Wildman–Crippen LogP) is 2.18. The molecule has 0 aliphatic carbocycles. The number of rotatable bonds is 3. The Morgan fingerprint density at radius 2 is 2.19 bits per heavy atom. The van der Waals surface area contributed by atoms with Crippen LogP contribution in [0.3, 0.4) is 0 Å². The van der Waals surface area contributed by atoms with Crippen molar-refractivity contribution >= 4 is 11.8 Å². The standard InChI is InChI=1S/C15H23N3O2S/c1-19-13-3-2-12(17-18-13)14(16)11-4-7-20-15(10-11)5-8-21-9-6-15/h2-3,11,14H,4-10,16H2,1H3. The van der Waals surface area contributed by atoms with Crippen LogP contribution in [-0.4, -0.2) is 41.0 Å². The molecule has 0 aromatic carbocycles. The summed E-state index contributed by atoms with van der Waals surface area (Å²) in [6, 6.07) is 3.68. The molecule has 2 N–H and O–H groups in total. The van der Waals surface area contributed by atoms with Crippen molar-refractivity contribution < 1.29 is 9.47 Å². The van der Waals surface area contributed by atoms with Gasteiger partial charge in [0.05, 0.1) is 24.4 Å². The third kappa shape index (κ3) is 3.33. The number of methoxy groups -OCH3 is 1. The van der Waals surface area contributed by atoms with E-state index < -0.39 is 0 Å². The zero-order valence-electron chi connectivity index (χ0n) is 12.5. The molecule has 2 aliphatic rings. The molecule has 0 amide bonds. The summed E-state index contributed by atoms with van der Waals surface area (Å²) < 4.78 is 11.2. The van der Waals surface area contributed by atoms with Crippen LogP contribution < -0.4 is 10.5 Å². The molecule has 5 nitrogen and oxygen atoms in total. The van der Waals surface area contributed by atoms with E-state index in [1.165, 1.54) is 11.5 Å². The molecule has 1 aromatic heterocycles. The van der Waals surface area contributed by atoms with E-state index in [9.17, 15) is 0 Å². The zero-order chi connectivity index (χ0) is 14.7. The van der Waals surface area contributed by atoms with Crippen LogP contribution in [-0.2, 0) is 4.74 Å². The van der Waals surface area contributed by atoms with Crippen molar-refractivity contribution in [3.8, 4) is 5.88 Å². The first-order valence-corrected chi connectivity index (χ1v) is 8.73. The summed E-state index contributed by atoms with van der Waals surface area (Å²) in [7, 11) is 1.59. The summed E-state index contributed by atoms with van der Waals surface area (Å²) in [5.74, 6) is 3.34. The Kier molecular flexibility index (Phi) is 4.66. The maximum atomic E-state index is 6.45. The number of ether oxygens (including phenoxy) is 2. The number of hydrogen-bond donors (Lipinski definition) is 1. The lowest BCUT2D eigenvalue weighted by Gasteiger charge is -2.44. The summed E-state index contributed by atoms with van der Waals surface area (Å²) in [6.07, 6.45) is 4.34. The molecule has 2 saturated heterocycles. The fourth-order valence-electron chi connectivity index (χ4n) is 3.32. The molecule has 0 radical (unpaired) electrons. The minimum atomic E-state index is -0.0706. The van der Waals surface area contributed by atoms with E-state index in [0.717, 1.165) is 38.0 Å². The van der Waals surface area contributed by atoms with Gasteiger partial charge < -0.3 is 15.2 Å². The number of nitrogens with two attached hydrogens (primary N) is 1. The van der Waals surface area contributed by atoms with Crippen molar-refractivity contribution in [1.29, 1.82) is 0 Å². The van der Waals surface area contributed by atoms with E-state index in [2.05, 4.69) is 10.2 Å². The summed E-state index contributed by atoms with van der Waals surface area (Å²) >= 11 is 2.03. The predicted molar refractivity (Wildman–Crippen MR) is 83.5 cm³/mol. The highest BCUT2D eigenvalue weighted by molar-refractivity contribution is 7.99. The highest BCUT2D eigenvalue weighted by Crippen LogP contribution is 2.42. The Balaban J connectivity index is 1.69. The molecular weight excluding hydrogens is 286 g/mol. The van der Waals surface area contributed by atoms with Gasteiger partial charge in [-0.1, -0.05) is 0 Å². The van der Waals surface area contributed by atoms with Gasteiger partial charge >= 0.3 is 0 Å². The van der Waals surface area contributed by atoms with Crippen LogP contribution in [0.25, 0.3) is 0 Å². The van der Waals surface area contributed by atoms with Crippen molar-refractivity contribution in [3.63, 3.8) is 0 Å². The van der Waals surface area contributed by atoms with Gasteiger partial charge in [0.2, 0.25) is 5.88 Å². The van der Waals surface area contributed by atoms with E-state index >= 15 is 0 Å². The summed E-state index contributed by atoms with van der Waals surface area (Å²) in [4.78, 5) is 0. The molecule has 1 spiro atoms. The van der Waals surface area contributed by atoms with E-state index in [4.69, 9.17) is 15.2 Å². The van der Waals surface area contributed by atoms with E-state index in [0.29, 0.717) is 11.8 Å². The van der Waals surface area contributed by atoms with Gasteiger partial charge in [0.15, 0.2) is 0 Å². The first kappa shape index (κ1) is 15.1. The van der Waals surface area contributed by atoms with Crippen LogP contribution in [0.15, 0.2) is 12.1 Å². The lowest BCUT2D eigenvalue weighted by molar-refractivity contribution is -0.106. The Morgan fingerprint density at radius 1 is 1.38 bits per heavy atom. The first-order valence-electron chi connectivity index (χ1n) is 7.57. The molecule has 0 saturated carbocycles. The summed E-state index contributed by atoms with van der Waals surface area (Å²) in [5, 5.41) is 8.24. The average Bonchev–Trinajstić information content (AvgIpc) is 2.55.